The summed E-state index contributed by atoms with van der Waals surface area (Å²) in [4.78, 5) is 30.1. The Morgan fingerprint density at radius 1 is 0.860 bits per heavy atom. The number of hydrogen-bond donors (Lipinski definition) is 1. The largest absolute Gasteiger partial charge is 0.430 e. The summed E-state index contributed by atoms with van der Waals surface area (Å²) >= 11 is 0. The van der Waals surface area contributed by atoms with E-state index < -0.39 is 35.0 Å². The van der Waals surface area contributed by atoms with Crippen LogP contribution < -0.4 is 4.90 Å². The first-order chi connectivity index (χ1) is 20.0. The highest BCUT2D eigenvalue weighted by Crippen LogP contribution is 2.43. The zero-order valence-electron chi connectivity index (χ0n) is 24.4. The molecule has 2 amide bonds. The first-order valence-corrected chi connectivity index (χ1v) is 14.4. The van der Waals surface area contributed by atoms with Crippen LogP contribution in [-0.4, -0.2) is 73.2 Å². The van der Waals surface area contributed by atoms with Gasteiger partial charge in [0.25, 0.3) is 17.4 Å². The fourth-order valence-corrected chi connectivity index (χ4v) is 6.15. The van der Waals surface area contributed by atoms with Crippen molar-refractivity contribution in [2.75, 3.05) is 45.2 Å². The van der Waals surface area contributed by atoms with E-state index in [1.165, 1.54) is 0 Å². The summed E-state index contributed by atoms with van der Waals surface area (Å²) in [6.45, 7) is 3.54. The highest BCUT2D eigenvalue weighted by Gasteiger charge is 2.62. The van der Waals surface area contributed by atoms with Crippen LogP contribution in [0.1, 0.15) is 59.2 Å². The number of piperidine rings is 2. The maximum atomic E-state index is 14.1. The number of rotatable bonds is 6. The van der Waals surface area contributed by atoms with Crippen molar-refractivity contribution in [2.24, 2.45) is 11.8 Å². The number of hydrogen-bond acceptors (Lipinski definition) is 4. The second kappa shape index (κ2) is 12.4. The van der Waals surface area contributed by atoms with Crippen molar-refractivity contribution in [1.82, 2.24) is 9.80 Å². The highest BCUT2D eigenvalue weighted by atomic mass is 19.4. The number of alkyl halides is 6. The van der Waals surface area contributed by atoms with Crippen LogP contribution in [0.3, 0.4) is 0 Å². The van der Waals surface area contributed by atoms with Crippen molar-refractivity contribution in [1.29, 1.82) is 0 Å². The van der Waals surface area contributed by atoms with Gasteiger partial charge in [-0.25, -0.2) is 0 Å². The van der Waals surface area contributed by atoms with Crippen molar-refractivity contribution in [2.45, 2.75) is 57.0 Å². The summed E-state index contributed by atoms with van der Waals surface area (Å²) in [7, 11) is 3.43. The van der Waals surface area contributed by atoms with E-state index in [0.29, 0.717) is 36.5 Å². The number of carbonyl (C=O) groups is 2. The summed E-state index contributed by atoms with van der Waals surface area (Å²) in [6, 6.07) is 8.04. The Hall–Kier alpha value is -3.28. The van der Waals surface area contributed by atoms with Crippen LogP contribution in [0.15, 0.2) is 42.5 Å². The molecule has 12 heteroatoms. The third-order valence-electron chi connectivity index (χ3n) is 8.72. The molecule has 2 saturated heterocycles. The van der Waals surface area contributed by atoms with Gasteiger partial charge >= 0.3 is 12.4 Å². The second-order valence-corrected chi connectivity index (χ2v) is 11.9. The minimum atomic E-state index is -5.51. The number of aryl methyl sites for hydroxylation is 1. The van der Waals surface area contributed by atoms with E-state index in [1.807, 2.05) is 25.1 Å². The number of carbonyl (C=O) groups excluding carboxylic acids is 2. The molecule has 43 heavy (non-hydrogen) atoms. The van der Waals surface area contributed by atoms with Gasteiger partial charge < -0.3 is 19.8 Å². The van der Waals surface area contributed by atoms with E-state index in [1.54, 1.807) is 19.0 Å². The number of aliphatic hydroxyl groups is 1. The summed E-state index contributed by atoms with van der Waals surface area (Å²) in [5.74, 6) is -1.10. The maximum Gasteiger partial charge on any atom is 0.430 e. The molecule has 0 aromatic heterocycles. The SMILES string of the molecule is Cc1cc(N2CCC(CC3CCN(C(=O)C(O)(c4cccc(C(F)(F)F)c4)C(F)(F)F)CC3)CC2)ccc1C(=O)N(C)C. The van der Waals surface area contributed by atoms with Gasteiger partial charge in [0.1, 0.15) is 0 Å². The Balaban J connectivity index is 1.33. The van der Waals surface area contributed by atoms with Crippen LogP contribution in [0.5, 0.6) is 0 Å². The van der Waals surface area contributed by atoms with Gasteiger partial charge in [0, 0.05) is 57.1 Å². The van der Waals surface area contributed by atoms with Crippen LogP contribution in [-0.2, 0) is 16.6 Å². The zero-order valence-corrected chi connectivity index (χ0v) is 24.4. The molecule has 2 fully saturated rings. The summed E-state index contributed by atoms with van der Waals surface area (Å²) in [6.07, 6.45) is -6.83. The number of nitrogens with zero attached hydrogens (tertiary/aromatic N) is 3. The van der Waals surface area contributed by atoms with Gasteiger partial charge in [-0.05, 0) is 86.8 Å². The van der Waals surface area contributed by atoms with Gasteiger partial charge in [-0.3, -0.25) is 9.59 Å². The van der Waals surface area contributed by atoms with Crippen molar-refractivity contribution in [3.05, 3.63) is 64.7 Å². The molecule has 0 bridgehead atoms. The first-order valence-electron chi connectivity index (χ1n) is 14.4. The van der Waals surface area contributed by atoms with E-state index in [2.05, 4.69) is 4.90 Å². The van der Waals surface area contributed by atoms with Gasteiger partial charge in [-0.2, -0.15) is 26.3 Å². The molecule has 0 aliphatic carbocycles. The van der Waals surface area contributed by atoms with E-state index in [-0.39, 0.29) is 31.0 Å². The lowest BCUT2D eigenvalue weighted by Gasteiger charge is -2.40. The maximum absolute atomic E-state index is 14.1. The predicted octanol–water partition coefficient (Wildman–Crippen LogP) is 6.01. The molecule has 0 radical (unpaired) electrons. The molecular formula is C31H37F6N3O3. The van der Waals surface area contributed by atoms with Crippen LogP contribution in [0, 0.1) is 18.8 Å². The van der Waals surface area contributed by atoms with Gasteiger partial charge in [0.2, 0.25) is 0 Å². The lowest BCUT2D eigenvalue weighted by Crippen LogP contribution is -2.57. The molecule has 0 spiro atoms. The minimum Gasteiger partial charge on any atom is -0.372 e. The summed E-state index contributed by atoms with van der Waals surface area (Å²) in [5, 5.41) is 10.7. The zero-order chi connectivity index (χ0) is 31.7. The Morgan fingerprint density at radius 3 is 1.93 bits per heavy atom. The minimum absolute atomic E-state index is 0.0169. The Morgan fingerprint density at radius 2 is 1.42 bits per heavy atom. The Bertz CT molecular complexity index is 1310. The molecule has 1 N–H and O–H groups in total. The molecule has 4 rings (SSSR count). The number of amides is 2. The van der Waals surface area contributed by atoms with Crippen LogP contribution in [0.2, 0.25) is 0 Å². The summed E-state index contributed by atoms with van der Waals surface area (Å²) in [5.41, 5.74) is -3.98. The number of halogens is 6. The van der Waals surface area contributed by atoms with Gasteiger partial charge in [-0.15, -0.1) is 0 Å². The molecule has 2 aromatic carbocycles. The van der Waals surface area contributed by atoms with E-state index in [4.69, 9.17) is 0 Å². The molecule has 6 nitrogen and oxygen atoms in total. The fraction of sp³-hybridized carbons (Fsp3) is 0.548. The lowest BCUT2D eigenvalue weighted by molar-refractivity contribution is -0.262. The van der Waals surface area contributed by atoms with Crippen molar-refractivity contribution < 1.29 is 41.0 Å². The van der Waals surface area contributed by atoms with Crippen LogP contribution >= 0.6 is 0 Å². The number of likely N-dealkylation sites (tertiary alicyclic amines) is 1. The molecule has 2 heterocycles. The third-order valence-corrected chi connectivity index (χ3v) is 8.72. The monoisotopic (exact) mass is 613 g/mol. The molecule has 1 unspecified atom stereocenters. The smallest absolute Gasteiger partial charge is 0.372 e. The van der Waals surface area contributed by atoms with Crippen molar-refractivity contribution >= 4 is 17.5 Å². The van der Waals surface area contributed by atoms with E-state index in [9.17, 15) is 41.0 Å². The highest BCUT2D eigenvalue weighted by molar-refractivity contribution is 5.95. The molecular weight excluding hydrogens is 576 g/mol. The van der Waals surface area contributed by atoms with Crippen LogP contribution in [0.25, 0.3) is 0 Å². The number of benzene rings is 2. The van der Waals surface area contributed by atoms with Gasteiger partial charge in [-0.1, -0.05) is 12.1 Å². The molecule has 1 atom stereocenters. The van der Waals surface area contributed by atoms with E-state index in [0.717, 1.165) is 54.6 Å². The summed E-state index contributed by atoms with van der Waals surface area (Å²) < 4.78 is 81.7. The molecule has 2 aliphatic rings. The standard InChI is InChI=1S/C31H37F6N3O3/c1-20-17-25(7-8-26(20)27(41)38(2)3)39-13-9-21(10-14-39)18-22-11-15-40(16-12-22)28(42)29(43,31(35,36)37)23-5-4-6-24(19-23)30(32,33)34/h4-8,17,19,21-22,43H,9-16,18H2,1-3H3. The average molecular weight is 614 g/mol. The molecule has 236 valence electrons. The molecule has 2 aliphatic heterocycles. The predicted molar refractivity (Wildman–Crippen MR) is 149 cm³/mol. The quantitative estimate of drug-likeness (QED) is 0.406. The number of anilines is 1. The molecule has 2 aromatic rings. The Kier molecular flexibility index (Phi) is 9.39. The lowest BCUT2D eigenvalue weighted by atomic mass is 9.82. The van der Waals surface area contributed by atoms with E-state index >= 15 is 0 Å². The molecule has 0 saturated carbocycles. The topological polar surface area (TPSA) is 64.1 Å². The van der Waals surface area contributed by atoms with Gasteiger partial charge in [0.05, 0.1) is 5.56 Å². The van der Waals surface area contributed by atoms with Gasteiger partial charge in [0.15, 0.2) is 0 Å². The van der Waals surface area contributed by atoms with Crippen molar-refractivity contribution in [3.63, 3.8) is 0 Å². The third kappa shape index (κ3) is 6.94. The van der Waals surface area contributed by atoms with Crippen LogP contribution in [0.4, 0.5) is 32.0 Å². The fourth-order valence-electron chi connectivity index (χ4n) is 6.15. The second-order valence-electron chi connectivity index (χ2n) is 11.9. The normalized spacial score (nSPS) is 18.8. The first kappa shape index (κ1) is 32.6. The average Bonchev–Trinajstić information content (AvgIpc) is 2.95. The Labute approximate surface area is 247 Å². The van der Waals surface area contributed by atoms with Crippen molar-refractivity contribution in [3.8, 4) is 0 Å².